The van der Waals surface area contributed by atoms with E-state index in [0.717, 1.165) is 11.8 Å². The molecule has 0 aliphatic rings. The zero-order valence-electron chi connectivity index (χ0n) is 9.63. The van der Waals surface area contributed by atoms with Gasteiger partial charge in [-0.2, -0.15) is 9.49 Å². The van der Waals surface area contributed by atoms with Gasteiger partial charge >= 0.3 is 5.69 Å². The second-order valence-electron chi connectivity index (χ2n) is 3.72. The lowest BCUT2D eigenvalue weighted by atomic mass is 10.2. The lowest BCUT2D eigenvalue weighted by Crippen LogP contribution is -2.05. The van der Waals surface area contributed by atoms with Crippen molar-refractivity contribution in [2.24, 2.45) is 7.05 Å². The number of aromatic nitrogens is 2. The van der Waals surface area contributed by atoms with E-state index in [2.05, 4.69) is 10.4 Å². The van der Waals surface area contributed by atoms with Crippen LogP contribution in [0.3, 0.4) is 0 Å². The molecule has 0 spiro atoms. The molecule has 1 aromatic heterocycles. The normalized spacial score (nSPS) is 10.3. The fourth-order valence-electron chi connectivity index (χ4n) is 1.53. The smallest absolute Gasteiger partial charge is 0.306 e. The number of nitro benzene ring substituents is 1. The van der Waals surface area contributed by atoms with Gasteiger partial charge in [-0.05, 0) is 18.2 Å². The predicted molar refractivity (Wildman–Crippen MR) is 63.6 cm³/mol. The first-order valence-electron chi connectivity index (χ1n) is 5.22. The first-order valence-corrected chi connectivity index (χ1v) is 5.22. The van der Waals surface area contributed by atoms with E-state index < -0.39 is 16.4 Å². The Bertz CT molecular complexity index is 582. The SMILES string of the molecule is Cn1nccc1CNc1ccc(F)c([N+](=O)[O-])c1. The second-order valence-corrected chi connectivity index (χ2v) is 3.72. The number of rotatable bonds is 4. The average Bonchev–Trinajstić information content (AvgIpc) is 2.73. The molecule has 0 bridgehead atoms. The molecule has 0 amide bonds. The fourth-order valence-corrected chi connectivity index (χ4v) is 1.53. The largest absolute Gasteiger partial charge is 0.379 e. The topological polar surface area (TPSA) is 73.0 Å². The lowest BCUT2D eigenvalue weighted by Gasteiger charge is -2.06. The number of nitro groups is 1. The van der Waals surface area contributed by atoms with Gasteiger partial charge in [0, 0.05) is 25.0 Å². The van der Waals surface area contributed by atoms with E-state index in [1.54, 1.807) is 17.9 Å². The molecular formula is C11H11FN4O2. The molecule has 1 N–H and O–H groups in total. The van der Waals surface area contributed by atoms with Crippen LogP contribution < -0.4 is 5.32 Å². The van der Waals surface area contributed by atoms with Crippen molar-refractivity contribution < 1.29 is 9.31 Å². The van der Waals surface area contributed by atoms with Crippen molar-refractivity contribution >= 4 is 11.4 Å². The highest BCUT2D eigenvalue weighted by molar-refractivity contribution is 5.51. The predicted octanol–water partition coefficient (Wildman–Crippen LogP) is 2.08. The summed E-state index contributed by atoms with van der Waals surface area (Å²) in [6, 6.07) is 5.53. The summed E-state index contributed by atoms with van der Waals surface area (Å²) >= 11 is 0. The van der Waals surface area contributed by atoms with Crippen LogP contribution in [0.4, 0.5) is 15.8 Å². The molecule has 0 unspecified atom stereocenters. The number of hydrogen-bond acceptors (Lipinski definition) is 4. The minimum absolute atomic E-state index is 0.458. The van der Waals surface area contributed by atoms with Crippen LogP contribution in [0, 0.1) is 15.9 Å². The van der Waals surface area contributed by atoms with Crippen LogP contribution in [-0.2, 0) is 13.6 Å². The molecule has 1 heterocycles. The monoisotopic (exact) mass is 250 g/mol. The van der Waals surface area contributed by atoms with E-state index in [1.165, 1.54) is 12.1 Å². The van der Waals surface area contributed by atoms with Gasteiger partial charge in [0.2, 0.25) is 5.82 Å². The van der Waals surface area contributed by atoms with E-state index in [0.29, 0.717) is 12.2 Å². The molecule has 0 saturated heterocycles. The summed E-state index contributed by atoms with van der Waals surface area (Å²) in [7, 11) is 1.80. The van der Waals surface area contributed by atoms with Gasteiger partial charge in [-0.1, -0.05) is 0 Å². The molecule has 1 aromatic carbocycles. The van der Waals surface area contributed by atoms with Crippen LogP contribution in [0.2, 0.25) is 0 Å². The molecule has 0 aliphatic heterocycles. The Hall–Kier alpha value is -2.44. The molecule has 7 heteroatoms. The number of nitrogens with zero attached hydrogens (tertiary/aromatic N) is 3. The van der Waals surface area contributed by atoms with E-state index in [1.807, 2.05) is 6.07 Å². The minimum atomic E-state index is -0.842. The molecule has 0 radical (unpaired) electrons. The Labute approximate surface area is 102 Å². The van der Waals surface area contributed by atoms with Gasteiger partial charge in [0.1, 0.15) is 0 Å². The molecule has 0 saturated carbocycles. The van der Waals surface area contributed by atoms with Crippen molar-refractivity contribution in [3.63, 3.8) is 0 Å². The highest BCUT2D eigenvalue weighted by Gasteiger charge is 2.14. The highest BCUT2D eigenvalue weighted by atomic mass is 19.1. The zero-order chi connectivity index (χ0) is 13.1. The summed E-state index contributed by atoms with van der Waals surface area (Å²) in [5.74, 6) is -0.842. The van der Waals surface area contributed by atoms with Gasteiger partial charge in [-0.25, -0.2) is 0 Å². The molecule has 6 nitrogen and oxygen atoms in total. The van der Waals surface area contributed by atoms with Crippen molar-refractivity contribution in [2.75, 3.05) is 5.32 Å². The first kappa shape index (κ1) is 12.0. The molecule has 0 atom stereocenters. The summed E-state index contributed by atoms with van der Waals surface area (Å²) < 4.78 is 14.8. The van der Waals surface area contributed by atoms with E-state index in [9.17, 15) is 14.5 Å². The third kappa shape index (κ3) is 2.45. The molecule has 0 aliphatic carbocycles. The first-order chi connectivity index (χ1) is 8.58. The molecule has 0 fully saturated rings. The Kier molecular flexibility index (Phi) is 3.22. The maximum atomic E-state index is 13.1. The van der Waals surface area contributed by atoms with Gasteiger partial charge < -0.3 is 5.32 Å². The van der Waals surface area contributed by atoms with Crippen LogP contribution >= 0.6 is 0 Å². The quantitative estimate of drug-likeness (QED) is 0.666. The maximum absolute atomic E-state index is 13.1. The Balaban J connectivity index is 2.13. The third-order valence-electron chi connectivity index (χ3n) is 2.54. The maximum Gasteiger partial charge on any atom is 0.306 e. The van der Waals surface area contributed by atoms with Crippen LogP contribution in [0.25, 0.3) is 0 Å². The van der Waals surface area contributed by atoms with Crippen molar-refractivity contribution in [2.45, 2.75) is 6.54 Å². The van der Waals surface area contributed by atoms with Gasteiger partial charge in [-0.3, -0.25) is 14.8 Å². The van der Waals surface area contributed by atoms with E-state index in [4.69, 9.17) is 0 Å². The van der Waals surface area contributed by atoms with Crippen LogP contribution in [0.5, 0.6) is 0 Å². The molecule has 94 valence electrons. The number of anilines is 1. The van der Waals surface area contributed by atoms with Crippen molar-refractivity contribution in [1.29, 1.82) is 0 Å². The summed E-state index contributed by atoms with van der Waals surface area (Å²) in [4.78, 5) is 9.84. The van der Waals surface area contributed by atoms with Gasteiger partial charge in [-0.15, -0.1) is 0 Å². The molecular weight excluding hydrogens is 239 g/mol. The third-order valence-corrected chi connectivity index (χ3v) is 2.54. The fraction of sp³-hybridized carbons (Fsp3) is 0.182. The number of aryl methyl sites for hydroxylation is 1. The summed E-state index contributed by atoms with van der Waals surface area (Å²) in [5.41, 5.74) is 0.872. The number of halogens is 1. The standard InChI is InChI=1S/C11H11FN4O2/c1-15-9(4-5-14-15)7-13-8-2-3-10(12)11(6-8)16(17)18/h2-6,13H,7H2,1H3. The summed E-state index contributed by atoms with van der Waals surface area (Å²) in [6.07, 6.45) is 1.66. The van der Waals surface area contributed by atoms with E-state index >= 15 is 0 Å². The Morgan fingerprint density at radius 1 is 1.50 bits per heavy atom. The lowest BCUT2D eigenvalue weighted by molar-refractivity contribution is -0.387. The average molecular weight is 250 g/mol. The molecule has 2 rings (SSSR count). The second kappa shape index (κ2) is 4.82. The van der Waals surface area contributed by atoms with Crippen LogP contribution in [0.1, 0.15) is 5.69 Å². The van der Waals surface area contributed by atoms with Gasteiger partial charge in [0.05, 0.1) is 17.2 Å². The zero-order valence-corrected chi connectivity index (χ0v) is 9.63. The molecule has 2 aromatic rings. The minimum Gasteiger partial charge on any atom is -0.379 e. The summed E-state index contributed by atoms with van der Waals surface area (Å²) in [6.45, 7) is 0.458. The highest BCUT2D eigenvalue weighted by Crippen LogP contribution is 2.21. The number of hydrogen-bond donors (Lipinski definition) is 1. The van der Waals surface area contributed by atoms with Gasteiger partial charge in [0.15, 0.2) is 0 Å². The summed E-state index contributed by atoms with van der Waals surface area (Å²) in [5, 5.41) is 17.6. The van der Waals surface area contributed by atoms with Gasteiger partial charge in [0.25, 0.3) is 0 Å². The van der Waals surface area contributed by atoms with Crippen LogP contribution in [0.15, 0.2) is 30.5 Å². The number of benzene rings is 1. The van der Waals surface area contributed by atoms with E-state index in [-0.39, 0.29) is 0 Å². The van der Waals surface area contributed by atoms with Crippen molar-refractivity contribution in [3.05, 3.63) is 52.1 Å². The Morgan fingerprint density at radius 3 is 2.89 bits per heavy atom. The van der Waals surface area contributed by atoms with Crippen molar-refractivity contribution in [1.82, 2.24) is 9.78 Å². The Morgan fingerprint density at radius 2 is 2.28 bits per heavy atom. The molecule has 18 heavy (non-hydrogen) atoms. The number of nitrogens with one attached hydrogen (secondary N) is 1. The van der Waals surface area contributed by atoms with Crippen LogP contribution in [-0.4, -0.2) is 14.7 Å². The van der Waals surface area contributed by atoms with Crippen molar-refractivity contribution in [3.8, 4) is 0 Å².